The Bertz CT molecular complexity index is 968. The minimum Gasteiger partial charge on any atom is -0.481 e. The third-order valence-corrected chi connectivity index (χ3v) is 8.43. The molecule has 216 valence electrons. The zero-order chi connectivity index (χ0) is 28.5. The summed E-state index contributed by atoms with van der Waals surface area (Å²) in [5, 5.41) is 20.9. The van der Waals surface area contributed by atoms with E-state index in [-0.39, 0.29) is 6.10 Å². The molecule has 0 spiro atoms. The van der Waals surface area contributed by atoms with E-state index in [1.165, 1.54) is 38.5 Å². The number of benzene rings is 3. The van der Waals surface area contributed by atoms with E-state index in [2.05, 4.69) is 43.3 Å². The summed E-state index contributed by atoms with van der Waals surface area (Å²) in [5.41, 5.74) is 2.29. The van der Waals surface area contributed by atoms with Crippen LogP contribution in [0.5, 0.6) is 0 Å². The molecule has 3 heteroatoms. The Morgan fingerprint density at radius 3 is 1.30 bits per heavy atom. The lowest BCUT2D eigenvalue weighted by Gasteiger charge is -2.41. The highest BCUT2D eigenvalue weighted by atomic mass is 16.4. The van der Waals surface area contributed by atoms with Crippen LogP contribution in [0.15, 0.2) is 91.0 Å². The van der Waals surface area contributed by atoms with Crippen LogP contribution in [0.2, 0.25) is 0 Å². The first-order chi connectivity index (χ1) is 19.6. The second-order valence-corrected chi connectivity index (χ2v) is 11.4. The second-order valence-electron chi connectivity index (χ2n) is 11.4. The Morgan fingerprint density at radius 1 is 0.575 bits per heavy atom. The van der Waals surface area contributed by atoms with E-state index in [1.807, 2.05) is 54.6 Å². The summed E-state index contributed by atoms with van der Waals surface area (Å²) < 4.78 is 0. The molecule has 0 aliphatic rings. The van der Waals surface area contributed by atoms with E-state index in [9.17, 15) is 15.0 Å². The number of carbonyl (C=O) groups is 1. The Balaban J connectivity index is 1.60. The average Bonchev–Trinajstić information content (AvgIpc) is 2.99. The van der Waals surface area contributed by atoms with Crippen molar-refractivity contribution in [3.63, 3.8) is 0 Å². The fraction of sp³-hybridized carbons (Fsp3) is 0.486. The van der Waals surface area contributed by atoms with Crippen LogP contribution in [-0.2, 0) is 10.2 Å². The third kappa shape index (κ3) is 9.06. The summed E-state index contributed by atoms with van der Waals surface area (Å²) in [4.78, 5) is 13.0. The highest BCUT2D eigenvalue weighted by Gasteiger charge is 2.46. The smallest absolute Gasteiger partial charge is 0.308 e. The normalized spacial score (nSPS) is 13.2. The van der Waals surface area contributed by atoms with Gasteiger partial charge in [0.15, 0.2) is 0 Å². The predicted octanol–water partition coefficient (Wildman–Crippen LogP) is 9.56. The highest BCUT2D eigenvalue weighted by Crippen LogP contribution is 2.47. The Hall–Kier alpha value is -2.91. The first-order valence-electron chi connectivity index (χ1n) is 15.7. The molecule has 3 aromatic carbocycles. The summed E-state index contributed by atoms with van der Waals surface area (Å²) in [6, 6.07) is 30.6. The molecule has 3 rings (SSSR count). The molecular weight excluding hydrogens is 492 g/mol. The summed E-state index contributed by atoms with van der Waals surface area (Å²) in [6.45, 7) is 2.22. The number of rotatable bonds is 20. The molecule has 40 heavy (non-hydrogen) atoms. The number of carboxylic acid groups (broad SMARTS) is 1. The molecule has 0 saturated carbocycles. The lowest BCUT2D eigenvalue weighted by molar-refractivity contribution is -0.143. The van der Waals surface area contributed by atoms with Crippen molar-refractivity contribution in [1.29, 1.82) is 0 Å². The van der Waals surface area contributed by atoms with Crippen molar-refractivity contribution in [2.75, 3.05) is 0 Å². The number of carboxylic acids is 1. The maximum absolute atomic E-state index is 13.0. The number of hydrogen-bond donors (Lipinski definition) is 2. The van der Waals surface area contributed by atoms with Crippen LogP contribution in [0.25, 0.3) is 0 Å². The molecule has 0 bridgehead atoms. The zero-order valence-corrected chi connectivity index (χ0v) is 24.5. The number of unbranched alkanes of at least 4 members (excludes halogenated alkanes) is 9. The monoisotopic (exact) mass is 542 g/mol. The van der Waals surface area contributed by atoms with Crippen molar-refractivity contribution < 1.29 is 15.0 Å². The lowest BCUT2D eigenvalue weighted by atomic mass is 9.60. The van der Waals surface area contributed by atoms with Gasteiger partial charge >= 0.3 is 5.97 Å². The third-order valence-electron chi connectivity index (χ3n) is 8.43. The Kier molecular flexibility index (Phi) is 14.0. The number of aliphatic hydroxyl groups is 1. The van der Waals surface area contributed by atoms with E-state index in [0.29, 0.717) is 6.42 Å². The summed E-state index contributed by atoms with van der Waals surface area (Å²) in [6.07, 6.45) is 14.9. The van der Waals surface area contributed by atoms with E-state index >= 15 is 0 Å². The largest absolute Gasteiger partial charge is 0.481 e. The standard InChI is InChI=1S/C37H50O3/c1-2-3-4-19-28-34(38)29-20-8-6-5-7-9-21-30-35(36(39)40)37(31-22-13-10-14-23-31,32-24-15-11-16-25-32)33-26-17-12-18-27-33/h10-18,22-27,34-35,38H,2-9,19-21,28-30H2,1H3,(H,39,40). The van der Waals surface area contributed by atoms with Gasteiger partial charge in [-0.05, 0) is 36.0 Å². The quantitative estimate of drug-likeness (QED) is 0.110. The number of aliphatic hydroxyl groups excluding tert-OH is 1. The SMILES string of the molecule is CCCCCCC(O)CCCCCCCCCC(C(=O)O)C(c1ccccc1)(c1ccccc1)c1ccccc1. The Labute approximate surface area is 242 Å². The van der Waals surface area contributed by atoms with Crippen molar-refractivity contribution in [3.05, 3.63) is 108 Å². The van der Waals surface area contributed by atoms with Crippen LogP contribution in [0, 0.1) is 5.92 Å². The van der Waals surface area contributed by atoms with Gasteiger partial charge in [-0.2, -0.15) is 0 Å². The average molecular weight is 543 g/mol. The molecule has 2 N–H and O–H groups in total. The van der Waals surface area contributed by atoms with Crippen LogP contribution in [0.1, 0.15) is 114 Å². The molecule has 0 heterocycles. The van der Waals surface area contributed by atoms with Gasteiger partial charge in [-0.1, -0.05) is 169 Å². The molecule has 2 atom stereocenters. The van der Waals surface area contributed by atoms with E-state index in [4.69, 9.17) is 0 Å². The van der Waals surface area contributed by atoms with Crippen molar-refractivity contribution in [3.8, 4) is 0 Å². The molecule has 0 aliphatic heterocycles. The van der Waals surface area contributed by atoms with E-state index < -0.39 is 17.3 Å². The van der Waals surface area contributed by atoms with Gasteiger partial charge < -0.3 is 10.2 Å². The van der Waals surface area contributed by atoms with Gasteiger partial charge in [0.25, 0.3) is 0 Å². The number of aliphatic carboxylic acids is 1. The summed E-state index contributed by atoms with van der Waals surface area (Å²) in [7, 11) is 0. The van der Waals surface area contributed by atoms with Crippen LogP contribution in [0.3, 0.4) is 0 Å². The van der Waals surface area contributed by atoms with Gasteiger partial charge in [0.1, 0.15) is 0 Å². The minimum absolute atomic E-state index is 0.135. The summed E-state index contributed by atoms with van der Waals surface area (Å²) >= 11 is 0. The van der Waals surface area contributed by atoms with Gasteiger partial charge in [0.05, 0.1) is 17.4 Å². The summed E-state index contributed by atoms with van der Waals surface area (Å²) in [5.74, 6) is -1.33. The van der Waals surface area contributed by atoms with Gasteiger partial charge in [-0.3, -0.25) is 4.79 Å². The van der Waals surface area contributed by atoms with Crippen LogP contribution in [0.4, 0.5) is 0 Å². The zero-order valence-electron chi connectivity index (χ0n) is 24.5. The first kappa shape index (κ1) is 31.6. The maximum Gasteiger partial charge on any atom is 0.308 e. The van der Waals surface area contributed by atoms with Crippen molar-refractivity contribution in [2.45, 2.75) is 108 Å². The van der Waals surface area contributed by atoms with E-state index in [1.54, 1.807) is 0 Å². The second kappa shape index (κ2) is 17.7. The van der Waals surface area contributed by atoms with Crippen molar-refractivity contribution >= 4 is 5.97 Å². The topological polar surface area (TPSA) is 57.5 Å². The van der Waals surface area contributed by atoms with Gasteiger partial charge in [-0.25, -0.2) is 0 Å². The predicted molar refractivity (Wildman–Crippen MR) is 167 cm³/mol. The molecule has 0 saturated heterocycles. The maximum atomic E-state index is 13.0. The molecule has 0 radical (unpaired) electrons. The van der Waals surface area contributed by atoms with E-state index in [0.717, 1.165) is 61.6 Å². The lowest BCUT2D eigenvalue weighted by Crippen LogP contribution is -2.42. The molecule has 0 fully saturated rings. The molecule has 0 aliphatic carbocycles. The molecule has 3 aromatic rings. The van der Waals surface area contributed by atoms with Gasteiger partial charge in [0.2, 0.25) is 0 Å². The van der Waals surface area contributed by atoms with Crippen molar-refractivity contribution in [2.24, 2.45) is 5.92 Å². The fourth-order valence-electron chi connectivity index (χ4n) is 6.30. The fourth-order valence-corrected chi connectivity index (χ4v) is 6.30. The Morgan fingerprint density at radius 2 is 0.925 bits per heavy atom. The first-order valence-corrected chi connectivity index (χ1v) is 15.7. The highest BCUT2D eigenvalue weighted by molar-refractivity contribution is 5.76. The van der Waals surface area contributed by atoms with Crippen molar-refractivity contribution in [1.82, 2.24) is 0 Å². The molecule has 2 unspecified atom stereocenters. The molecular formula is C37H50O3. The molecule has 3 nitrogen and oxygen atoms in total. The molecule has 0 aromatic heterocycles. The van der Waals surface area contributed by atoms with Crippen LogP contribution < -0.4 is 0 Å². The van der Waals surface area contributed by atoms with Crippen LogP contribution >= 0.6 is 0 Å². The molecule has 0 amide bonds. The van der Waals surface area contributed by atoms with Gasteiger partial charge in [0, 0.05) is 0 Å². The van der Waals surface area contributed by atoms with Gasteiger partial charge in [-0.15, -0.1) is 0 Å². The van der Waals surface area contributed by atoms with Crippen LogP contribution in [-0.4, -0.2) is 22.3 Å². The minimum atomic E-state index is -0.771. The number of hydrogen-bond acceptors (Lipinski definition) is 2.